The molecule has 7 nitrogen and oxygen atoms in total. The Morgan fingerprint density at radius 1 is 0.950 bits per heavy atom. The lowest BCUT2D eigenvalue weighted by atomic mass is 10.0. The molecule has 1 atom stereocenters. The average Bonchev–Trinajstić information content (AvgIpc) is 2.88. The molecule has 0 saturated heterocycles. The Bertz CT molecular complexity index is 1530. The summed E-state index contributed by atoms with van der Waals surface area (Å²) in [4.78, 5) is 23.7. The van der Waals surface area contributed by atoms with Crippen LogP contribution in [0.4, 0.5) is 26.3 Å². The van der Waals surface area contributed by atoms with Crippen LogP contribution in [0.5, 0.6) is 5.75 Å². The Balaban J connectivity index is 1.87. The standard InChI is InChI=1S/C26H21F6NO6S/c1-15(25(27,28)29)6-13-21(24(35)36)33-23(34)20-12-9-17-4-2-3-5-19(17)22(20)39-14-16-7-10-18(11-8-16)40(37,38)26(30,31)32/h2-5,7-12,21H,1,6,13-14H2,(H,33,34)(H,35,36)/t21-/m0/s1. The number of hydrogen-bond donors (Lipinski definition) is 2. The van der Waals surface area contributed by atoms with Gasteiger partial charge >= 0.3 is 17.7 Å². The predicted molar refractivity (Wildman–Crippen MR) is 131 cm³/mol. The third-order valence-electron chi connectivity index (χ3n) is 5.78. The molecule has 3 aromatic rings. The normalized spacial score (nSPS) is 13.1. The molecule has 0 aliphatic carbocycles. The highest BCUT2D eigenvalue weighted by molar-refractivity contribution is 7.92. The van der Waals surface area contributed by atoms with Crippen LogP contribution in [0.15, 0.2) is 77.7 Å². The van der Waals surface area contributed by atoms with E-state index in [0.29, 0.717) is 10.8 Å². The molecule has 0 fully saturated rings. The van der Waals surface area contributed by atoms with Crippen LogP contribution < -0.4 is 10.1 Å². The topological polar surface area (TPSA) is 110 Å². The minimum atomic E-state index is -5.55. The zero-order chi connectivity index (χ0) is 29.9. The largest absolute Gasteiger partial charge is 0.501 e. The van der Waals surface area contributed by atoms with Gasteiger partial charge in [0.05, 0.1) is 10.5 Å². The zero-order valence-electron chi connectivity index (χ0n) is 20.3. The van der Waals surface area contributed by atoms with Gasteiger partial charge in [-0.15, -0.1) is 0 Å². The van der Waals surface area contributed by atoms with Crippen LogP contribution in [-0.2, 0) is 21.2 Å². The summed E-state index contributed by atoms with van der Waals surface area (Å²) < 4.78 is 106. The molecule has 3 rings (SSSR count). The Kier molecular flexibility index (Phi) is 8.82. The second kappa shape index (κ2) is 11.6. The first-order chi connectivity index (χ1) is 18.5. The average molecular weight is 590 g/mol. The van der Waals surface area contributed by atoms with Crippen LogP contribution in [-0.4, -0.2) is 43.1 Å². The number of nitrogens with one attached hydrogen (secondary N) is 1. The second-order valence-corrected chi connectivity index (χ2v) is 10.5. The van der Waals surface area contributed by atoms with Crippen molar-refractivity contribution in [1.82, 2.24) is 5.32 Å². The van der Waals surface area contributed by atoms with Crippen molar-refractivity contribution >= 4 is 32.5 Å². The van der Waals surface area contributed by atoms with E-state index in [1.54, 1.807) is 24.3 Å². The summed E-state index contributed by atoms with van der Waals surface area (Å²) in [5, 5.41) is 12.6. The molecular weight excluding hydrogens is 568 g/mol. The Labute approximate surface area is 224 Å². The Morgan fingerprint density at radius 3 is 2.15 bits per heavy atom. The van der Waals surface area contributed by atoms with E-state index in [1.807, 2.05) is 0 Å². The van der Waals surface area contributed by atoms with Crippen LogP contribution >= 0.6 is 0 Å². The van der Waals surface area contributed by atoms with E-state index in [2.05, 4.69) is 11.9 Å². The monoisotopic (exact) mass is 589 g/mol. The number of carbonyl (C=O) groups is 2. The van der Waals surface area contributed by atoms with Crippen molar-refractivity contribution in [2.75, 3.05) is 0 Å². The van der Waals surface area contributed by atoms with E-state index in [1.165, 1.54) is 12.1 Å². The smallest absolute Gasteiger partial charge is 0.487 e. The molecule has 3 aromatic carbocycles. The van der Waals surface area contributed by atoms with Gasteiger partial charge in [-0.1, -0.05) is 49.0 Å². The molecule has 0 radical (unpaired) electrons. The fourth-order valence-corrected chi connectivity index (χ4v) is 4.35. The highest BCUT2D eigenvalue weighted by Crippen LogP contribution is 2.33. The molecule has 40 heavy (non-hydrogen) atoms. The zero-order valence-corrected chi connectivity index (χ0v) is 21.2. The van der Waals surface area contributed by atoms with Crippen molar-refractivity contribution in [1.29, 1.82) is 0 Å². The van der Waals surface area contributed by atoms with Crippen molar-refractivity contribution in [3.8, 4) is 5.75 Å². The van der Waals surface area contributed by atoms with Gasteiger partial charge in [-0.25, -0.2) is 13.2 Å². The van der Waals surface area contributed by atoms with Gasteiger partial charge < -0.3 is 15.2 Å². The van der Waals surface area contributed by atoms with Crippen LogP contribution in [0, 0.1) is 0 Å². The first-order valence-corrected chi connectivity index (χ1v) is 12.8. The molecule has 0 heterocycles. The lowest BCUT2D eigenvalue weighted by molar-refractivity contribution is -0.139. The first-order valence-electron chi connectivity index (χ1n) is 11.4. The maximum Gasteiger partial charge on any atom is 0.501 e. The van der Waals surface area contributed by atoms with E-state index in [9.17, 15) is 49.5 Å². The van der Waals surface area contributed by atoms with E-state index in [4.69, 9.17) is 4.74 Å². The number of alkyl halides is 6. The van der Waals surface area contributed by atoms with E-state index < -0.39 is 62.8 Å². The number of allylic oxidation sites excluding steroid dienone is 1. The van der Waals surface area contributed by atoms with Crippen LogP contribution in [0.2, 0.25) is 0 Å². The number of amides is 1. The number of halogens is 6. The fourth-order valence-electron chi connectivity index (χ4n) is 3.58. The summed E-state index contributed by atoms with van der Waals surface area (Å²) in [6, 6.07) is 11.5. The van der Waals surface area contributed by atoms with Crippen LogP contribution in [0.3, 0.4) is 0 Å². The molecule has 0 aliphatic heterocycles. The third kappa shape index (κ3) is 6.92. The second-order valence-electron chi connectivity index (χ2n) is 8.55. The Morgan fingerprint density at radius 2 is 1.57 bits per heavy atom. The molecule has 0 unspecified atom stereocenters. The van der Waals surface area contributed by atoms with Gasteiger partial charge in [0.2, 0.25) is 0 Å². The number of benzene rings is 3. The fraction of sp³-hybridized carbons (Fsp3) is 0.231. The van der Waals surface area contributed by atoms with Gasteiger partial charge in [-0.3, -0.25) is 4.79 Å². The number of carboxylic acids is 1. The number of fused-ring (bicyclic) bond motifs is 1. The van der Waals surface area contributed by atoms with Gasteiger partial charge in [-0.05, 0) is 42.0 Å². The van der Waals surface area contributed by atoms with E-state index in [-0.39, 0.29) is 23.5 Å². The van der Waals surface area contributed by atoms with Crippen molar-refractivity contribution in [2.45, 2.75) is 42.1 Å². The molecule has 0 aromatic heterocycles. The van der Waals surface area contributed by atoms with Gasteiger partial charge in [0, 0.05) is 11.0 Å². The molecule has 1 amide bonds. The lowest BCUT2D eigenvalue weighted by Crippen LogP contribution is -2.41. The maximum atomic E-state index is 13.1. The minimum absolute atomic E-state index is 0.0357. The van der Waals surface area contributed by atoms with Gasteiger partial charge in [0.15, 0.2) is 0 Å². The predicted octanol–water partition coefficient (Wildman–Crippen LogP) is 5.79. The molecule has 2 N–H and O–H groups in total. The summed E-state index contributed by atoms with van der Waals surface area (Å²) in [7, 11) is -5.55. The SMILES string of the molecule is C=C(CC[C@H](NC(=O)c1ccc2ccccc2c1OCc1ccc(S(=O)(=O)C(F)(F)F)cc1)C(=O)O)C(F)(F)F. The number of carboxylic acid groups (broad SMARTS) is 1. The van der Waals surface area contributed by atoms with Crippen LogP contribution in [0.1, 0.15) is 28.8 Å². The summed E-state index contributed by atoms with van der Waals surface area (Å²) in [6.07, 6.45) is -6.04. The summed E-state index contributed by atoms with van der Waals surface area (Å²) in [5.74, 6) is -2.57. The molecular formula is C26H21F6NO6S. The van der Waals surface area contributed by atoms with Crippen molar-refractivity contribution in [2.24, 2.45) is 0 Å². The molecule has 0 aliphatic rings. The van der Waals surface area contributed by atoms with Crippen LogP contribution in [0.25, 0.3) is 10.8 Å². The first kappa shape index (κ1) is 30.5. The third-order valence-corrected chi connectivity index (χ3v) is 7.29. The highest BCUT2D eigenvalue weighted by atomic mass is 32.2. The van der Waals surface area contributed by atoms with Crippen molar-refractivity contribution < 1.29 is 54.2 Å². The van der Waals surface area contributed by atoms with Gasteiger partial charge in [0.1, 0.15) is 18.4 Å². The van der Waals surface area contributed by atoms with Crippen molar-refractivity contribution in [3.05, 3.63) is 83.9 Å². The molecule has 0 bridgehead atoms. The maximum absolute atomic E-state index is 13.1. The lowest BCUT2D eigenvalue weighted by Gasteiger charge is -2.19. The molecule has 0 spiro atoms. The van der Waals surface area contributed by atoms with Crippen molar-refractivity contribution in [3.63, 3.8) is 0 Å². The van der Waals surface area contributed by atoms with Gasteiger partial charge in [-0.2, -0.15) is 26.3 Å². The summed E-state index contributed by atoms with van der Waals surface area (Å²) in [5.41, 5.74) is -6.55. The quantitative estimate of drug-likeness (QED) is 0.229. The number of carbonyl (C=O) groups excluding carboxylic acids is 1. The van der Waals surface area contributed by atoms with Gasteiger partial charge in [0.25, 0.3) is 15.7 Å². The minimum Gasteiger partial charge on any atom is -0.487 e. The number of aliphatic carboxylic acids is 1. The van der Waals surface area contributed by atoms with E-state index >= 15 is 0 Å². The number of ether oxygens (including phenoxy) is 1. The number of rotatable bonds is 10. The summed E-state index contributed by atoms with van der Waals surface area (Å²) >= 11 is 0. The molecule has 0 saturated carbocycles. The highest BCUT2D eigenvalue weighted by Gasteiger charge is 2.46. The Hall–Kier alpha value is -4.07. The van der Waals surface area contributed by atoms with E-state index in [0.717, 1.165) is 24.3 Å². The number of hydrogen-bond acceptors (Lipinski definition) is 5. The molecule has 214 valence electrons. The number of sulfone groups is 1. The summed E-state index contributed by atoms with van der Waals surface area (Å²) in [6.45, 7) is 2.56. The molecule has 14 heteroatoms.